The van der Waals surface area contributed by atoms with E-state index in [4.69, 9.17) is 9.15 Å². The molecule has 4 aromatic rings. The van der Waals surface area contributed by atoms with Gasteiger partial charge in [-0.1, -0.05) is 0 Å². The first-order valence-electron chi connectivity index (χ1n) is 8.63. The van der Waals surface area contributed by atoms with Crippen molar-refractivity contribution in [1.82, 2.24) is 9.97 Å². The van der Waals surface area contributed by atoms with Crippen LogP contribution in [0.3, 0.4) is 0 Å². The molecule has 0 spiro atoms. The maximum atomic E-state index is 13.1. The summed E-state index contributed by atoms with van der Waals surface area (Å²) < 4.78 is 23.9. The van der Waals surface area contributed by atoms with Crippen molar-refractivity contribution < 1.29 is 13.5 Å². The molecule has 0 saturated carbocycles. The molecule has 0 aliphatic carbocycles. The van der Waals surface area contributed by atoms with Crippen LogP contribution in [0.5, 0.6) is 5.75 Å². The van der Waals surface area contributed by atoms with E-state index in [-0.39, 0.29) is 22.8 Å². The van der Waals surface area contributed by atoms with Crippen LogP contribution in [0.2, 0.25) is 0 Å². The highest BCUT2D eigenvalue weighted by molar-refractivity contribution is 5.88. The number of hydrogen-bond acceptors (Lipinski definition) is 5. The summed E-state index contributed by atoms with van der Waals surface area (Å²) in [5.74, 6) is 1.27. The number of fused-ring (bicyclic) bond motifs is 1. The molecule has 0 aliphatic heterocycles. The molecule has 2 aromatic heterocycles. The smallest absolute Gasteiger partial charge is 0.259 e. The van der Waals surface area contributed by atoms with Gasteiger partial charge in [0.15, 0.2) is 5.82 Å². The van der Waals surface area contributed by atoms with Gasteiger partial charge >= 0.3 is 0 Å². The first kappa shape index (κ1) is 18.2. The second-order valence-corrected chi connectivity index (χ2v) is 6.18. The van der Waals surface area contributed by atoms with Gasteiger partial charge in [-0.3, -0.25) is 4.79 Å². The molecule has 0 unspecified atom stereocenters. The molecule has 0 amide bonds. The van der Waals surface area contributed by atoms with E-state index in [1.54, 1.807) is 42.5 Å². The highest BCUT2D eigenvalue weighted by Gasteiger charge is 2.11. The number of ether oxygens (including phenoxy) is 1. The number of allylic oxidation sites excluding steroid dienone is 1. The van der Waals surface area contributed by atoms with Gasteiger partial charge in [-0.15, -0.1) is 0 Å². The summed E-state index contributed by atoms with van der Waals surface area (Å²) in [6, 6.07) is 16.2. The maximum absolute atomic E-state index is 13.1. The molecule has 0 aliphatic rings. The molecule has 7 heteroatoms. The molecular formula is C22H14FN3O3. The van der Waals surface area contributed by atoms with Crippen LogP contribution in [0.4, 0.5) is 4.39 Å². The molecule has 1 N–H and O–H groups in total. The summed E-state index contributed by atoms with van der Waals surface area (Å²) in [7, 11) is 1.51. The fourth-order valence-corrected chi connectivity index (χ4v) is 2.87. The Hall–Kier alpha value is -4.18. The number of methoxy groups -OCH3 is 1. The molecule has 6 nitrogen and oxygen atoms in total. The van der Waals surface area contributed by atoms with E-state index in [1.165, 1.54) is 25.3 Å². The van der Waals surface area contributed by atoms with E-state index in [9.17, 15) is 14.4 Å². The third kappa shape index (κ3) is 3.64. The molecule has 142 valence electrons. The van der Waals surface area contributed by atoms with Crippen molar-refractivity contribution >= 4 is 22.6 Å². The topological polar surface area (TPSA) is 91.9 Å². The molecule has 2 heterocycles. The molecule has 2 aromatic carbocycles. The lowest BCUT2D eigenvalue weighted by Crippen LogP contribution is -2.11. The van der Waals surface area contributed by atoms with Crippen LogP contribution in [0.25, 0.3) is 33.9 Å². The largest absolute Gasteiger partial charge is 0.497 e. The predicted molar refractivity (Wildman–Crippen MR) is 107 cm³/mol. The molecule has 0 atom stereocenters. The number of rotatable bonds is 4. The molecular weight excluding hydrogens is 373 g/mol. The Kier molecular flexibility index (Phi) is 4.67. The van der Waals surface area contributed by atoms with Crippen LogP contribution in [0, 0.1) is 17.1 Å². The quantitative estimate of drug-likeness (QED) is 0.524. The summed E-state index contributed by atoms with van der Waals surface area (Å²) in [6.45, 7) is 0. The Morgan fingerprint density at radius 1 is 1.21 bits per heavy atom. The Bertz CT molecular complexity index is 1330. The zero-order chi connectivity index (χ0) is 20.4. The van der Waals surface area contributed by atoms with Crippen LogP contribution in [0.15, 0.2) is 63.8 Å². The number of nitrogens with zero attached hydrogens (tertiary/aromatic N) is 2. The van der Waals surface area contributed by atoms with Crippen molar-refractivity contribution in [2.75, 3.05) is 7.11 Å². The first-order valence-corrected chi connectivity index (χ1v) is 8.63. The van der Waals surface area contributed by atoms with Crippen LogP contribution >= 0.6 is 0 Å². The molecule has 0 saturated heterocycles. The predicted octanol–water partition coefficient (Wildman–Crippen LogP) is 4.39. The third-order valence-corrected chi connectivity index (χ3v) is 4.33. The van der Waals surface area contributed by atoms with Crippen molar-refractivity contribution in [2.45, 2.75) is 0 Å². The highest BCUT2D eigenvalue weighted by Crippen LogP contribution is 2.25. The Labute approximate surface area is 164 Å². The van der Waals surface area contributed by atoms with Gasteiger partial charge in [0.05, 0.1) is 23.6 Å². The molecule has 4 rings (SSSR count). The fourth-order valence-electron chi connectivity index (χ4n) is 2.87. The number of nitriles is 1. The fraction of sp³-hybridized carbons (Fsp3) is 0.0455. The highest BCUT2D eigenvalue weighted by atomic mass is 19.1. The number of aromatic amines is 1. The van der Waals surface area contributed by atoms with Crippen LogP contribution in [-0.4, -0.2) is 17.1 Å². The van der Waals surface area contributed by atoms with Gasteiger partial charge in [0.25, 0.3) is 5.56 Å². The Morgan fingerprint density at radius 2 is 2.00 bits per heavy atom. The van der Waals surface area contributed by atoms with Crippen LogP contribution in [-0.2, 0) is 0 Å². The van der Waals surface area contributed by atoms with E-state index in [0.29, 0.717) is 33.7 Å². The summed E-state index contributed by atoms with van der Waals surface area (Å²) in [6.07, 6.45) is 1.49. The number of H-pyrrole nitrogens is 1. The zero-order valence-corrected chi connectivity index (χ0v) is 15.3. The van der Waals surface area contributed by atoms with E-state index in [2.05, 4.69) is 9.97 Å². The minimum atomic E-state index is -0.378. The SMILES string of the molecule is COc1ccc2nc(C(C#N)=Cc3ccc(-c4ccc(F)cc4)o3)[nH]c(=O)c2c1. The summed E-state index contributed by atoms with van der Waals surface area (Å²) in [5.41, 5.74) is 0.907. The van der Waals surface area contributed by atoms with Crippen molar-refractivity contribution in [3.8, 4) is 23.1 Å². The van der Waals surface area contributed by atoms with Crippen LogP contribution < -0.4 is 10.3 Å². The van der Waals surface area contributed by atoms with E-state index in [0.717, 1.165) is 0 Å². The Morgan fingerprint density at radius 3 is 2.72 bits per heavy atom. The van der Waals surface area contributed by atoms with Gasteiger partial charge in [-0.05, 0) is 54.6 Å². The summed E-state index contributed by atoms with van der Waals surface area (Å²) >= 11 is 0. The number of benzene rings is 2. The van der Waals surface area contributed by atoms with Crippen molar-refractivity contribution in [3.05, 3.63) is 82.4 Å². The number of nitrogens with one attached hydrogen (secondary N) is 1. The lowest BCUT2D eigenvalue weighted by molar-refractivity contribution is 0.415. The average Bonchev–Trinajstić information content (AvgIpc) is 3.21. The normalized spacial score (nSPS) is 11.4. The van der Waals surface area contributed by atoms with Gasteiger partial charge in [0.2, 0.25) is 0 Å². The standard InChI is InChI=1S/C22H14FN3O3/c1-28-16-6-8-19-18(11-16)22(27)26-21(25-19)14(12-24)10-17-7-9-20(29-17)13-2-4-15(23)5-3-13/h2-11H,1H3,(H,25,26,27). The van der Waals surface area contributed by atoms with Gasteiger partial charge < -0.3 is 14.1 Å². The molecule has 0 bridgehead atoms. The minimum absolute atomic E-state index is 0.134. The Balaban J connectivity index is 1.72. The summed E-state index contributed by atoms with van der Waals surface area (Å²) in [4.78, 5) is 19.4. The number of furan rings is 1. The van der Waals surface area contributed by atoms with Gasteiger partial charge in [-0.2, -0.15) is 5.26 Å². The monoisotopic (exact) mass is 387 g/mol. The number of halogens is 1. The zero-order valence-electron chi connectivity index (χ0n) is 15.3. The molecule has 0 radical (unpaired) electrons. The van der Waals surface area contributed by atoms with E-state index >= 15 is 0 Å². The van der Waals surface area contributed by atoms with E-state index < -0.39 is 0 Å². The van der Waals surface area contributed by atoms with Crippen molar-refractivity contribution in [1.29, 1.82) is 5.26 Å². The van der Waals surface area contributed by atoms with Crippen LogP contribution in [0.1, 0.15) is 11.6 Å². The lowest BCUT2D eigenvalue weighted by Gasteiger charge is -2.04. The average molecular weight is 387 g/mol. The third-order valence-electron chi connectivity index (χ3n) is 4.33. The second-order valence-electron chi connectivity index (χ2n) is 6.18. The minimum Gasteiger partial charge on any atom is -0.497 e. The van der Waals surface area contributed by atoms with E-state index in [1.807, 2.05) is 6.07 Å². The van der Waals surface area contributed by atoms with Crippen molar-refractivity contribution in [3.63, 3.8) is 0 Å². The van der Waals surface area contributed by atoms with Gasteiger partial charge in [0.1, 0.15) is 29.2 Å². The van der Waals surface area contributed by atoms with Gasteiger partial charge in [-0.25, -0.2) is 9.37 Å². The maximum Gasteiger partial charge on any atom is 0.259 e. The summed E-state index contributed by atoms with van der Waals surface area (Å²) in [5, 5.41) is 9.92. The number of aromatic nitrogens is 2. The lowest BCUT2D eigenvalue weighted by atomic mass is 10.2. The second kappa shape index (κ2) is 7.44. The van der Waals surface area contributed by atoms with Gasteiger partial charge in [0, 0.05) is 11.6 Å². The molecule has 0 fully saturated rings. The van der Waals surface area contributed by atoms with Crippen molar-refractivity contribution in [2.24, 2.45) is 0 Å². The number of hydrogen-bond donors (Lipinski definition) is 1. The molecule has 29 heavy (non-hydrogen) atoms. The first-order chi connectivity index (χ1) is 14.1.